The largest absolute Gasteiger partial charge is 0.365 e. The fraction of sp³-hybridized carbons (Fsp3) is 0.647. The van der Waals surface area contributed by atoms with Crippen LogP contribution in [0.25, 0.3) is 0 Å². The van der Waals surface area contributed by atoms with Gasteiger partial charge in [0.1, 0.15) is 0 Å². The van der Waals surface area contributed by atoms with Gasteiger partial charge >= 0.3 is 0 Å². The molecule has 20 heavy (non-hydrogen) atoms. The molecule has 0 amide bonds. The standard InChI is InChI=1S/C17H25IN2/c1-2-14-12-19-17(10-6-3-7-11-17)13-20(14)16-9-5-4-8-15(16)18/h4-5,8-9,14,19H,2-3,6-7,10-13H2,1H3. The number of nitrogens with zero attached hydrogens (tertiary/aromatic N) is 1. The summed E-state index contributed by atoms with van der Waals surface area (Å²) in [5.74, 6) is 0. The highest BCUT2D eigenvalue weighted by atomic mass is 127. The minimum absolute atomic E-state index is 0.378. The number of piperazine rings is 1. The second kappa shape index (κ2) is 6.22. The molecule has 2 aliphatic rings. The van der Waals surface area contributed by atoms with Gasteiger partial charge in [-0.3, -0.25) is 0 Å². The van der Waals surface area contributed by atoms with Gasteiger partial charge in [-0.15, -0.1) is 0 Å². The molecule has 3 heteroatoms. The number of benzene rings is 1. The number of halogens is 1. The quantitative estimate of drug-likeness (QED) is 0.770. The molecule has 2 nitrogen and oxygen atoms in total. The zero-order valence-corrected chi connectivity index (χ0v) is 14.5. The van der Waals surface area contributed by atoms with Gasteiger partial charge in [-0.1, -0.05) is 38.3 Å². The van der Waals surface area contributed by atoms with Gasteiger partial charge in [-0.05, 0) is 54.0 Å². The SMILES string of the molecule is CCC1CNC2(CCCCC2)CN1c1ccccc1I. The predicted octanol–water partition coefficient (Wildman–Crippen LogP) is 4.18. The van der Waals surface area contributed by atoms with E-state index in [0.29, 0.717) is 11.6 Å². The lowest BCUT2D eigenvalue weighted by molar-refractivity contribution is 0.195. The van der Waals surface area contributed by atoms with Gasteiger partial charge in [0, 0.05) is 28.2 Å². The molecule has 3 rings (SSSR count). The Balaban J connectivity index is 1.87. The number of anilines is 1. The maximum atomic E-state index is 3.91. The molecule has 0 radical (unpaired) electrons. The normalized spacial score (nSPS) is 25.9. The molecule has 1 saturated heterocycles. The van der Waals surface area contributed by atoms with Crippen LogP contribution in [0.1, 0.15) is 45.4 Å². The molecule has 1 aromatic carbocycles. The Morgan fingerprint density at radius 3 is 2.70 bits per heavy atom. The lowest BCUT2D eigenvalue weighted by atomic mass is 9.79. The van der Waals surface area contributed by atoms with Crippen LogP contribution in [0.4, 0.5) is 5.69 Å². The molecular formula is C17H25IN2. The predicted molar refractivity (Wildman–Crippen MR) is 94.4 cm³/mol. The van der Waals surface area contributed by atoms with Crippen molar-refractivity contribution in [2.75, 3.05) is 18.0 Å². The van der Waals surface area contributed by atoms with Gasteiger partial charge < -0.3 is 10.2 Å². The molecule has 110 valence electrons. The molecule has 1 aliphatic heterocycles. The van der Waals surface area contributed by atoms with Crippen molar-refractivity contribution in [3.05, 3.63) is 27.8 Å². The van der Waals surface area contributed by atoms with Gasteiger partial charge in [-0.2, -0.15) is 0 Å². The zero-order valence-electron chi connectivity index (χ0n) is 12.4. The van der Waals surface area contributed by atoms with Crippen molar-refractivity contribution in [3.8, 4) is 0 Å². The minimum atomic E-state index is 0.378. The molecule has 1 saturated carbocycles. The van der Waals surface area contributed by atoms with Crippen molar-refractivity contribution in [2.24, 2.45) is 0 Å². The Morgan fingerprint density at radius 1 is 1.25 bits per heavy atom. The van der Waals surface area contributed by atoms with Crippen molar-refractivity contribution in [1.82, 2.24) is 5.32 Å². The van der Waals surface area contributed by atoms with Gasteiger partial charge in [0.2, 0.25) is 0 Å². The number of hydrogen-bond donors (Lipinski definition) is 1. The van der Waals surface area contributed by atoms with E-state index < -0.39 is 0 Å². The van der Waals surface area contributed by atoms with Gasteiger partial charge in [-0.25, -0.2) is 0 Å². The Bertz CT molecular complexity index is 454. The van der Waals surface area contributed by atoms with Crippen molar-refractivity contribution in [2.45, 2.75) is 57.0 Å². The average Bonchev–Trinajstić information content (AvgIpc) is 2.49. The first kappa shape index (κ1) is 14.6. The third kappa shape index (κ3) is 2.84. The van der Waals surface area contributed by atoms with Crippen LogP contribution in [0.5, 0.6) is 0 Å². The van der Waals surface area contributed by atoms with Gasteiger partial charge in [0.25, 0.3) is 0 Å². The Hall–Kier alpha value is -0.290. The fourth-order valence-corrected chi connectivity index (χ4v) is 4.55. The maximum absolute atomic E-state index is 3.91. The zero-order chi connectivity index (χ0) is 14.0. The minimum Gasteiger partial charge on any atom is -0.365 e. The lowest BCUT2D eigenvalue weighted by Crippen LogP contribution is -2.65. The molecule has 1 heterocycles. The highest BCUT2D eigenvalue weighted by Crippen LogP contribution is 2.35. The summed E-state index contributed by atoms with van der Waals surface area (Å²) < 4.78 is 1.39. The molecule has 1 aliphatic carbocycles. The van der Waals surface area contributed by atoms with E-state index in [1.165, 1.54) is 54.3 Å². The summed E-state index contributed by atoms with van der Waals surface area (Å²) in [7, 11) is 0. The van der Waals surface area contributed by atoms with Crippen LogP contribution in [-0.4, -0.2) is 24.7 Å². The molecule has 2 fully saturated rings. The fourth-order valence-electron chi connectivity index (χ4n) is 3.85. The highest BCUT2D eigenvalue weighted by Gasteiger charge is 2.39. The first-order chi connectivity index (χ1) is 9.74. The highest BCUT2D eigenvalue weighted by molar-refractivity contribution is 14.1. The van der Waals surface area contributed by atoms with Crippen LogP contribution < -0.4 is 10.2 Å². The molecule has 1 spiro atoms. The van der Waals surface area contributed by atoms with E-state index in [4.69, 9.17) is 0 Å². The van der Waals surface area contributed by atoms with E-state index in [1.54, 1.807) is 0 Å². The summed E-state index contributed by atoms with van der Waals surface area (Å²) in [5.41, 5.74) is 1.81. The van der Waals surface area contributed by atoms with Crippen molar-refractivity contribution >= 4 is 28.3 Å². The van der Waals surface area contributed by atoms with E-state index in [2.05, 4.69) is 64.0 Å². The number of hydrogen-bond acceptors (Lipinski definition) is 2. The van der Waals surface area contributed by atoms with Crippen molar-refractivity contribution < 1.29 is 0 Å². The summed E-state index contributed by atoms with van der Waals surface area (Å²) in [6.07, 6.45) is 8.12. The average molecular weight is 384 g/mol. The molecule has 1 unspecified atom stereocenters. The molecule has 1 aromatic rings. The molecule has 1 N–H and O–H groups in total. The third-order valence-corrected chi connectivity index (χ3v) is 5.98. The lowest BCUT2D eigenvalue weighted by Gasteiger charge is -2.50. The van der Waals surface area contributed by atoms with Crippen LogP contribution in [0.2, 0.25) is 0 Å². The van der Waals surface area contributed by atoms with Crippen LogP contribution >= 0.6 is 22.6 Å². The summed E-state index contributed by atoms with van der Waals surface area (Å²) in [5, 5.41) is 3.91. The molecule has 0 bridgehead atoms. The molecule has 0 aromatic heterocycles. The summed E-state index contributed by atoms with van der Waals surface area (Å²) in [6, 6.07) is 9.49. The number of nitrogens with one attached hydrogen (secondary N) is 1. The van der Waals surface area contributed by atoms with Crippen LogP contribution in [-0.2, 0) is 0 Å². The topological polar surface area (TPSA) is 15.3 Å². The van der Waals surface area contributed by atoms with Crippen molar-refractivity contribution in [3.63, 3.8) is 0 Å². The van der Waals surface area contributed by atoms with E-state index in [9.17, 15) is 0 Å². The summed E-state index contributed by atoms with van der Waals surface area (Å²) >= 11 is 2.49. The Kier molecular flexibility index (Phi) is 4.55. The molecular weight excluding hydrogens is 359 g/mol. The van der Waals surface area contributed by atoms with Crippen molar-refractivity contribution in [1.29, 1.82) is 0 Å². The summed E-state index contributed by atoms with van der Waals surface area (Å²) in [4.78, 5) is 2.68. The van der Waals surface area contributed by atoms with E-state index in [-0.39, 0.29) is 0 Å². The van der Waals surface area contributed by atoms with Gasteiger partial charge in [0.15, 0.2) is 0 Å². The number of para-hydroxylation sites is 1. The Labute approximate surface area is 136 Å². The first-order valence-corrected chi connectivity index (χ1v) is 9.08. The monoisotopic (exact) mass is 384 g/mol. The number of rotatable bonds is 2. The van der Waals surface area contributed by atoms with E-state index >= 15 is 0 Å². The second-order valence-corrected chi connectivity index (χ2v) is 7.53. The summed E-state index contributed by atoms with van der Waals surface area (Å²) in [6.45, 7) is 4.64. The Morgan fingerprint density at radius 2 is 2.00 bits per heavy atom. The van der Waals surface area contributed by atoms with E-state index in [0.717, 1.165) is 6.54 Å². The first-order valence-electron chi connectivity index (χ1n) is 8.00. The van der Waals surface area contributed by atoms with Crippen LogP contribution in [0, 0.1) is 3.57 Å². The van der Waals surface area contributed by atoms with E-state index in [1.807, 2.05) is 0 Å². The third-order valence-electron chi connectivity index (χ3n) is 5.07. The van der Waals surface area contributed by atoms with Crippen LogP contribution in [0.15, 0.2) is 24.3 Å². The van der Waals surface area contributed by atoms with Gasteiger partial charge in [0.05, 0.1) is 5.69 Å². The smallest absolute Gasteiger partial charge is 0.0505 e. The van der Waals surface area contributed by atoms with Crippen LogP contribution in [0.3, 0.4) is 0 Å². The second-order valence-electron chi connectivity index (χ2n) is 6.36. The maximum Gasteiger partial charge on any atom is 0.0505 e. The molecule has 1 atom stereocenters.